The van der Waals surface area contributed by atoms with Crippen molar-refractivity contribution in [2.75, 3.05) is 25.1 Å². The minimum atomic E-state index is -4.50. The maximum atomic E-state index is 12.6. The first-order valence-electron chi connectivity index (χ1n) is 5.74. The van der Waals surface area contributed by atoms with E-state index in [-0.39, 0.29) is 12.4 Å². The molecule has 0 N–H and O–H groups in total. The van der Waals surface area contributed by atoms with Crippen LogP contribution in [0.2, 0.25) is 0 Å². The Morgan fingerprint density at radius 1 is 1.42 bits per heavy atom. The Balaban J connectivity index is 2.99. The van der Waals surface area contributed by atoms with Crippen LogP contribution in [-0.4, -0.2) is 31.2 Å². The zero-order valence-electron chi connectivity index (χ0n) is 10.7. The minimum Gasteiger partial charge on any atom is -0.468 e. The summed E-state index contributed by atoms with van der Waals surface area (Å²) in [6, 6.07) is 3.60. The second kappa shape index (κ2) is 6.40. The fraction of sp³-hybridized carbons (Fsp3) is 0.500. The molecule has 0 spiro atoms. The molecule has 0 bridgehead atoms. The van der Waals surface area contributed by atoms with Gasteiger partial charge in [-0.3, -0.25) is 4.79 Å². The molecule has 1 heterocycles. The van der Waals surface area contributed by atoms with Crippen LogP contribution in [0.1, 0.15) is 19.0 Å². The van der Waals surface area contributed by atoms with Crippen molar-refractivity contribution in [3.63, 3.8) is 0 Å². The van der Waals surface area contributed by atoms with Gasteiger partial charge in [0.05, 0.1) is 7.11 Å². The van der Waals surface area contributed by atoms with Crippen molar-refractivity contribution in [2.24, 2.45) is 0 Å². The van der Waals surface area contributed by atoms with E-state index >= 15 is 0 Å². The second-order valence-corrected chi connectivity index (χ2v) is 3.88. The molecule has 19 heavy (non-hydrogen) atoms. The molecule has 1 rings (SSSR count). The average molecular weight is 276 g/mol. The van der Waals surface area contributed by atoms with E-state index in [9.17, 15) is 18.0 Å². The smallest absolute Gasteiger partial charge is 0.433 e. The van der Waals surface area contributed by atoms with Crippen molar-refractivity contribution in [2.45, 2.75) is 19.5 Å². The summed E-state index contributed by atoms with van der Waals surface area (Å²) in [4.78, 5) is 16.2. The summed E-state index contributed by atoms with van der Waals surface area (Å²) < 4.78 is 42.2. The van der Waals surface area contributed by atoms with Gasteiger partial charge in [-0.05, 0) is 18.6 Å². The van der Waals surface area contributed by atoms with E-state index in [1.54, 1.807) is 0 Å². The van der Waals surface area contributed by atoms with Crippen molar-refractivity contribution >= 4 is 11.8 Å². The summed E-state index contributed by atoms with van der Waals surface area (Å²) in [6.45, 7) is 2.15. The average Bonchev–Trinajstić information content (AvgIpc) is 2.37. The Bertz CT molecular complexity index is 435. The van der Waals surface area contributed by atoms with Gasteiger partial charge in [0.15, 0.2) is 0 Å². The maximum Gasteiger partial charge on any atom is 0.433 e. The zero-order valence-corrected chi connectivity index (χ0v) is 10.7. The van der Waals surface area contributed by atoms with Gasteiger partial charge in [-0.2, -0.15) is 13.2 Å². The lowest BCUT2D eigenvalue weighted by atomic mass is 10.3. The molecule has 4 nitrogen and oxygen atoms in total. The van der Waals surface area contributed by atoms with Crippen molar-refractivity contribution in [3.8, 4) is 0 Å². The fourth-order valence-electron chi connectivity index (χ4n) is 1.52. The Morgan fingerprint density at radius 3 is 2.63 bits per heavy atom. The molecule has 1 aromatic rings. The number of anilines is 1. The number of pyridine rings is 1. The Kier molecular flexibility index (Phi) is 5.14. The van der Waals surface area contributed by atoms with Crippen molar-refractivity contribution in [1.29, 1.82) is 0 Å². The molecule has 1 aromatic heterocycles. The Labute approximate surface area is 109 Å². The van der Waals surface area contributed by atoms with Gasteiger partial charge in [0, 0.05) is 6.54 Å². The highest BCUT2D eigenvalue weighted by Crippen LogP contribution is 2.28. The van der Waals surface area contributed by atoms with Gasteiger partial charge in [-0.15, -0.1) is 0 Å². The van der Waals surface area contributed by atoms with Gasteiger partial charge < -0.3 is 9.64 Å². The highest BCUT2D eigenvalue weighted by molar-refractivity contribution is 5.75. The molecule has 0 unspecified atom stereocenters. The van der Waals surface area contributed by atoms with E-state index in [1.807, 2.05) is 6.92 Å². The standard InChI is InChI=1S/C12H15F3N2O2/c1-3-7-17(8-11(18)19-2)10-6-4-5-9(16-10)12(13,14)15/h4-6H,3,7-8H2,1-2H3. The third kappa shape index (κ3) is 4.42. The predicted molar refractivity (Wildman–Crippen MR) is 63.8 cm³/mol. The van der Waals surface area contributed by atoms with Crippen LogP contribution in [0.4, 0.5) is 19.0 Å². The number of methoxy groups -OCH3 is 1. The molecular formula is C12H15F3N2O2. The van der Waals surface area contributed by atoms with E-state index in [0.717, 1.165) is 6.07 Å². The first-order valence-corrected chi connectivity index (χ1v) is 5.74. The predicted octanol–water partition coefficient (Wildman–Crippen LogP) is 2.49. The molecular weight excluding hydrogens is 261 g/mol. The van der Waals surface area contributed by atoms with Crippen LogP contribution in [0, 0.1) is 0 Å². The summed E-state index contributed by atoms with van der Waals surface area (Å²) in [5, 5.41) is 0. The van der Waals surface area contributed by atoms with Gasteiger partial charge in [0.1, 0.15) is 18.1 Å². The molecule has 0 aliphatic heterocycles. The number of ether oxygens (including phenoxy) is 1. The number of carbonyl (C=O) groups excluding carboxylic acids is 1. The highest BCUT2D eigenvalue weighted by atomic mass is 19.4. The molecule has 0 saturated heterocycles. The summed E-state index contributed by atoms with van der Waals surface area (Å²) in [7, 11) is 1.23. The minimum absolute atomic E-state index is 0.113. The van der Waals surface area contributed by atoms with E-state index in [2.05, 4.69) is 9.72 Å². The van der Waals surface area contributed by atoms with E-state index in [0.29, 0.717) is 13.0 Å². The number of hydrogen-bond acceptors (Lipinski definition) is 4. The number of esters is 1. The van der Waals surface area contributed by atoms with Gasteiger partial charge >= 0.3 is 12.1 Å². The number of halogens is 3. The molecule has 0 atom stereocenters. The normalized spacial score (nSPS) is 11.2. The highest BCUT2D eigenvalue weighted by Gasteiger charge is 2.32. The van der Waals surface area contributed by atoms with Crippen molar-refractivity contribution in [1.82, 2.24) is 4.98 Å². The largest absolute Gasteiger partial charge is 0.468 e. The second-order valence-electron chi connectivity index (χ2n) is 3.88. The van der Waals surface area contributed by atoms with Crippen LogP contribution < -0.4 is 4.90 Å². The first kappa shape index (κ1) is 15.3. The molecule has 0 aromatic carbocycles. The van der Waals surface area contributed by atoms with Gasteiger partial charge in [-0.25, -0.2) is 4.98 Å². The topological polar surface area (TPSA) is 42.4 Å². The number of nitrogens with zero attached hydrogens (tertiary/aromatic N) is 2. The molecule has 0 aliphatic carbocycles. The number of hydrogen-bond donors (Lipinski definition) is 0. The molecule has 106 valence electrons. The molecule has 7 heteroatoms. The molecule has 0 amide bonds. The van der Waals surface area contributed by atoms with Crippen LogP contribution in [0.25, 0.3) is 0 Å². The SMILES string of the molecule is CCCN(CC(=O)OC)c1cccc(C(F)(F)F)n1. The van der Waals surface area contributed by atoms with Gasteiger partial charge in [0.2, 0.25) is 0 Å². The quantitative estimate of drug-likeness (QED) is 0.775. The molecule has 0 saturated carbocycles. The summed E-state index contributed by atoms with van der Waals surface area (Å²) in [5.41, 5.74) is -0.976. The lowest BCUT2D eigenvalue weighted by molar-refractivity contribution is -0.141. The van der Waals surface area contributed by atoms with E-state index in [1.165, 1.54) is 24.1 Å². The van der Waals surface area contributed by atoms with E-state index < -0.39 is 17.8 Å². The number of alkyl halides is 3. The summed E-state index contributed by atoms with van der Waals surface area (Å²) >= 11 is 0. The zero-order chi connectivity index (χ0) is 14.5. The first-order chi connectivity index (χ1) is 8.88. The van der Waals surface area contributed by atoms with Crippen LogP contribution in [0.5, 0.6) is 0 Å². The lowest BCUT2D eigenvalue weighted by Gasteiger charge is -2.22. The van der Waals surface area contributed by atoms with Crippen LogP contribution in [0.15, 0.2) is 18.2 Å². The molecule has 0 fully saturated rings. The lowest BCUT2D eigenvalue weighted by Crippen LogP contribution is -2.32. The van der Waals surface area contributed by atoms with Crippen LogP contribution in [-0.2, 0) is 15.7 Å². The van der Waals surface area contributed by atoms with Crippen molar-refractivity contribution < 1.29 is 22.7 Å². The van der Waals surface area contributed by atoms with Crippen molar-refractivity contribution in [3.05, 3.63) is 23.9 Å². The van der Waals surface area contributed by atoms with Gasteiger partial charge in [0.25, 0.3) is 0 Å². The third-order valence-corrected chi connectivity index (χ3v) is 2.39. The third-order valence-electron chi connectivity index (χ3n) is 2.39. The molecule has 0 aliphatic rings. The van der Waals surface area contributed by atoms with Crippen LogP contribution >= 0.6 is 0 Å². The Hall–Kier alpha value is -1.79. The summed E-state index contributed by atoms with van der Waals surface area (Å²) in [6.07, 6.45) is -3.83. The monoisotopic (exact) mass is 276 g/mol. The van der Waals surface area contributed by atoms with Gasteiger partial charge in [-0.1, -0.05) is 13.0 Å². The number of rotatable bonds is 5. The Morgan fingerprint density at radius 2 is 2.11 bits per heavy atom. The maximum absolute atomic E-state index is 12.6. The number of carbonyl (C=O) groups is 1. The van der Waals surface area contributed by atoms with E-state index in [4.69, 9.17) is 0 Å². The summed E-state index contributed by atoms with van der Waals surface area (Å²) in [5.74, 6) is -0.408. The molecule has 0 radical (unpaired) electrons. The number of aromatic nitrogens is 1. The van der Waals surface area contributed by atoms with Crippen LogP contribution in [0.3, 0.4) is 0 Å². The fourth-order valence-corrected chi connectivity index (χ4v) is 1.52.